The van der Waals surface area contributed by atoms with Gasteiger partial charge in [0.15, 0.2) is 0 Å². The largest absolute Gasteiger partial charge is 0.457 e. The lowest BCUT2D eigenvalue weighted by atomic mass is 10.2. The molecule has 0 saturated heterocycles. The molecule has 0 aliphatic heterocycles. The first-order chi connectivity index (χ1) is 12.7. The Morgan fingerprint density at radius 1 is 0.846 bits per heavy atom. The molecule has 132 valence electrons. The Balaban J connectivity index is 1.44. The van der Waals surface area contributed by atoms with Crippen molar-refractivity contribution < 1.29 is 9.53 Å². The number of hydrogen-bond donors (Lipinski definition) is 2. The Bertz CT molecular complexity index is 851. The maximum absolute atomic E-state index is 12.0. The molecule has 26 heavy (non-hydrogen) atoms. The van der Waals surface area contributed by atoms with E-state index in [4.69, 9.17) is 16.3 Å². The van der Waals surface area contributed by atoms with Crippen LogP contribution in [0.5, 0.6) is 11.5 Å². The Hall–Kier alpha value is -2.98. The van der Waals surface area contributed by atoms with Crippen LogP contribution in [-0.4, -0.2) is 12.5 Å². The summed E-state index contributed by atoms with van der Waals surface area (Å²) in [5.41, 5.74) is 1.63. The van der Waals surface area contributed by atoms with E-state index in [1.54, 1.807) is 18.2 Å². The first-order valence-corrected chi connectivity index (χ1v) is 8.69. The number of anilines is 2. The minimum atomic E-state index is -0.0659. The third kappa shape index (κ3) is 5.53. The molecule has 0 saturated carbocycles. The van der Waals surface area contributed by atoms with Crippen LogP contribution in [0.1, 0.15) is 6.42 Å². The molecule has 0 aromatic heterocycles. The highest BCUT2D eigenvalue weighted by molar-refractivity contribution is 6.30. The van der Waals surface area contributed by atoms with Crippen molar-refractivity contribution in [3.63, 3.8) is 0 Å². The van der Waals surface area contributed by atoms with E-state index in [0.29, 0.717) is 23.7 Å². The van der Waals surface area contributed by atoms with Gasteiger partial charge in [0.05, 0.1) is 0 Å². The number of carbonyl (C=O) groups excluding carboxylic acids is 1. The zero-order chi connectivity index (χ0) is 18.2. The van der Waals surface area contributed by atoms with E-state index >= 15 is 0 Å². The molecule has 0 bridgehead atoms. The molecular weight excluding hydrogens is 348 g/mol. The number of hydrogen-bond acceptors (Lipinski definition) is 3. The predicted molar refractivity (Wildman–Crippen MR) is 106 cm³/mol. The molecule has 2 N–H and O–H groups in total. The number of nitrogens with one attached hydrogen (secondary N) is 2. The van der Waals surface area contributed by atoms with Crippen molar-refractivity contribution in [2.75, 3.05) is 17.2 Å². The number of benzene rings is 3. The molecular formula is C21H19ClN2O2. The SMILES string of the molecule is O=C(CCNc1ccc(Oc2ccccc2)cc1)Nc1cccc(Cl)c1. The molecule has 3 rings (SSSR count). The molecule has 0 aliphatic rings. The molecule has 3 aromatic rings. The summed E-state index contributed by atoms with van der Waals surface area (Å²) in [7, 11) is 0. The molecule has 0 heterocycles. The lowest BCUT2D eigenvalue weighted by Crippen LogP contribution is -2.16. The monoisotopic (exact) mass is 366 g/mol. The summed E-state index contributed by atoms with van der Waals surface area (Å²) < 4.78 is 5.75. The van der Waals surface area contributed by atoms with Crippen molar-refractivity contribution in [2.45, 2.75) is 6.42 Å². The summed E-state index contributed by atoms with van der Waals surface area (Å²) in [5.74, 6) is 1.50. The van der Waals surface area contributed by atoms with Gasteiger partial charge in [-0.15, -0.1) is 0 Å². The third-order valence-corrected chi connectivity index (χ3v) is 3.86. The molecule has 4 nitrogen and oxygen atoms in total. The molecule has 0 fully saturated rings. The second kappa shape index (κ2) is 8.92. The van der Waals surface area contributed by atoms with E-state index in [2.05, 4.69) is 10.6 Å². The van der Waals surface area contributed by atoms with Gasteiger partial charge in [-0.25, -0.2) is 0 Å². The summed E-state index contributed by atoms with van der Waals surface area (Å²) in [6, 6.07) is 24.3. The fourth-order valence-electron chi connectivity index (χ4n) is 2.38. The van der Waals surface area contributed by atoms with Gasteiger partial charge in [-0.3, -0.25) is 4.79 Å². The standard InChI is InChI=1S/C21H19ClN2O2/c22-16-5-4-6-18(15-16)24-21(25)13-14-23-17-9-11-20(12-10-17)26-19-7-2-1-3-8-19/h1-12,15,23H,13-14H2,(H,24,25). The van der Waals surface area contributed by atoms with Crippen molar-refractivity contribution in [1.29, 1.82) is 0 Å². The van der Waals surface area contributed by atoms with Crippen molar-refractivity contribution in [2.24, 2.45) is 0 Å². The van der Waals surface area contributed by atoms with Gasteiger partial charge in [0.2, 0.25) is 5.91 Å². The van der Waals surface area contributed by atoms with Crippen molar-refractivity contribution in [3.8, 4) is 11.5 Å². The average molecular weight is 367 g/mol. The van der Waals surface area contributed by atoms with Crippen LogP contribution in [0.25, 0.3) is 0 Å². The van der Waals surface area contributed by atoms with Crippen LogP contribution < -0.4 is 15.4 Å². The number of rotatable bonds is 7. The lowest BCUT2D eigenvalue weighted by Gasteiger charge is -2.09. The highest BCUT2D eigenvalue weighted by Gasteiger charge is 2.03. The van der Waals surface area contributed by atoms with Gasteiger partial charge in [0.25, 0.3) is 0 Å². The minimum absolute atomic E-state index is 0.0659. The number of para-hydroxylation sites is 1. The lowest BCUT2D eigenvalue weighted by molar-refractivity contribution is -0.115. The summed E-state index contributed by atoms with van der Waals surface area (Å²) in [4.78, 5) is 12.0. The second-order valence-corrected chi connectivity index (χ2v) is 6.11. The van der Waals surface area contributed by atoms with Crippen LogP contribution in [0, 0.1) is 0 Å². The molecule has 0 atom stereocenters. The Morgan fingerprint density at radius 2 is 1.58 bits per heavy atom. The van der Waals surface area contributed by atoms with E-state index in [9.17, 15) is 4.79 Å². The van der Waals surface area contributed by atoms with E-state index in [0.717, 1.165) is 17.2 Å². The maximum Gasteiger partial charge on any atom is 0.226 e. The normalized spacial score (nSPS) is 10.2. The van der Waals surface area contributed by atoms with Crippen molar-refractivity contribution in [3.05, 3.63) is 83.9 Å². The number of amides is 1. The van der Waals surface area contributed by atoms with Gasteiger partial charge in [-0.05, 0) is 54.6 Å². The number of carbonyl (C=O) groups is 1. The molecule has 0 aliphatic carbocycles. The molecule has 1 amide bonds. The van der Waals surface area contributed by atoms with Gasteiger partial charge in [-0.2, -0.15) is 0 Å². The van der Waals surface area contributed by atoms with Crippen molar-refractivity contribution in [1.82, 2.24) is 0 Å². The smallest absolute Gasteiger partial charge is 0.226 e. The van der Waals surface area contributed by atoms with Gasteiger partial charge >= 0.3 is 0 Å². The van der Waals surface area contributed by atoms with E-state index in [1.807, 2.05) is 60.7 Å². The minimum Gasteiger partial charge on any atom is -0.457 e. The second-order valence-electron chi connectivity index (χ2n) is 5.67. The van der Waals surface area contributed by atoms with Crippen molar-refractivity contribution >= 4 is 28.9 Å². The van der Waals surface area contributed by atoms with Gasteiger partial charge in [0, 0.05) is 29.4 Å². The zero-order valence-electron chi connectivity index (χ0n) is 14.1. The summed E-state index contributed by atoms with van der Waals surface area (Å²) in [5, 5.41) is 6.64. The van der Waals surface area contributed by atoms with Crippen LogP contribution in [0.3, 0.4) is 0 Å². The first-order valence-electron chi connectivity index (χ1n) is 8.31. The Kier molecular flexibility index (Phi) is 6.12. The van der Waals surface area contributed by atoms with Crippen LogP contribution in [0.15, 0.2) is 78.9 Å². The molecule has 0 spiro atoms. The molecule has 5 heteroatoms. The maximum atomic E-state index is 12.0. The van der Waals surface area contributed by atoms with E-state index < -0.39 is 0 Å². The number of ether oxygens (including phenoxy) is 1. The summed E-state index contributed by atoms with van der Waals surface area (Å²) in [6.45, 7) is 0.533. The average Bonchev–Trinajstić information content (AvgIpc) is 2.64. The highest BCUT2D eigenvalue weighted by Crippen LogP contribution is 2.22. The van der Waals surface area contributed by atoms with Crippen LogP contribution in [0.2, 0.25) is 5.02 Å². The predicted octanol–water partition coefficient (Wildman–Crippen LogP) is 5.57. The highest BCUT2D eigenvalue weighted by atomic mass is 35.5. The summed E-state index contributed by atoms with van der Waals surface area (Å²) in [6.07, 6.45) is 0.356. The Morgan fingerprint density at radius 3 is 2.31 bits per heavy atom. The van der Waals surface area contributed by atoms with Crippen LogP contribution >= 0.6 is 11.6 Å². The first kappa shape index (κ1) is 17.8. The quantitative estimate of drug-likeness (QED) is 0.574. The Labute approximate surface area is 157 Å². The number of halogens is 1. The van der Waals surface area contributed by atoms with Crippen LogP contribution in [-0.2, 0) is 4.79 Å². The zero-order valence-corrected chi connectivity index (χ0v) is 14.9. The third-order valence-electron chi connectivity index (χ3n) is 3.62. The fraction of sp³-hybridized carbons (Fsp3) is 0.0952. The molecule has 0 unspecified atom stereocenters. The molecule has 0 radical (unpaired) electrons. The van der Waals surface area contributed by atoms with Crippen LogP contribution in [0.4, 0.5) is 11.4 Å². The summed E-state index contributed by atoms with van der Waals surface area (Å²) >= 11 is 5.90. The van der Waals surface area contributed by atoms with Gasteiger partial charge in [0.1, 0.15) is 11.5 Å². The van der Waals surface area contributed by atoms with Gasteiger partial charge in [-0.1, -0.05) is 35.9 Å². The molecule has 3 aromatic carbocycles. The van der Waals surface area contributed by atoms with E-state index in [-0.39, 0.29) is 5.91 Å². The van der Waals surface area contributed by atoms with Gasteiger partial charge < -0.3 is 15.4 Å². The topological polar surface area (TPSA) is 50.4 Å². The fourth-order valence-corrected chi connectivity index (χ4v) is 2.57. The van der Waals surface area contributed by atoms with E-state index in [1.165, 1.54) is 0 Å².